The van der Waals surface area contributed by atoms with Gasteiger partial charge in [-0.15, -0.1) is 0 Å². The number of rotatable bonds is 7. The van der Waals surface area contributed by atoms with E-state index in [1.54, 1.807) is 38.5 Å². The van der Waals surface area contributed by atoms with Gasteiger partial charge in [0, 0.05) is 12.1 Å². The average Bonchev–Trinajstić information content (AvgIpc) is 3.20. The molecule has 190 valence electrons. The number of carbonyl (C=O) groups is 2. The normalized spacial score (nSPS) is 18.1. The first-order valence-corrected chi connectivity index (χ1v) is 12.0. The number of ether oxygens (including phenoxy) is 4. The minimum absolute atomic E-state index is 0.0418. The first kappa shape index (κ1) is 24.2. The van der Waals surface area contributed by atoms with Crippen LogP contribution in [0.25, 0.3) is 5.76 Å². The van der Waals surface area contributed by atoms with Crippen molar-refractivity contribution in [2.45, 2.75) is 12.5 Å². The van der Waals surface area contributed by atoms with E-state index < -0.39 is 17.7 Å². The summed E-state index contributed by atoms with van der Waals surface area (Å²) in [5, 5.41) is 11.3. The van der Waals surface area contributed by atoms with Crippen LogP contribution in [-0.4, -0.2) is 55.7 Å². The summed E-state index contributed by atoms with van der Waals surface area (Å²) in [4.78, 5) is 28.1. The number of nitrogens with zero attached hydrogens (tertiary/aromatic N) is 1. The van der Waals surface area contributed by atoms with Crippen LogP contribution in [0.15, 0.2) is 72.3 Å². The highest BCUT2D eigenvalue weighted by Crippen LogP contribution is 2.41. The van der Waals surface area contributed by atoms with E-state index in [9.17, 15) is 14.7 Å². The lowest BCUT2D eigenvalue weighted by Gasteiger charge is -2.25. The quantitative estimate of drug-likeness (QED) is 0.295. The Morgan fingerprint density at radius 2 is 1.65 bits per heavy atom. The van der Waals surface area contributed by atoms with Crippen LogP contribution in [0.5, 0.6) is 23.0 Å². The molecule has 1 atom stereocenters. The third-order valence-electron chi connectivity index (χ3n) is 6.56. The van der Waals surface area contributed by atoms with E-state index in [0.717, 1.165) is 11.1 Å². The fourth-order valence-electron chi connectivity index (χ4n) is 4.72. The van der Waals surface area contributed by atoms with Crippen LogP contribution in [0.1, 0.15) is 22.7 Å². The maximum atomic E-state index is 13.3. The molecule has 1 fully saturated rings. The molecule has 1 N–H and O–H groups in total. The summed E-state index contributed by atoms with van der Waals surface area (Å²) in [5.74, 6) is 0.600. The number of fused-ring (bicyclic) bond motifs is 1. The van der Waals surface area contributed by atoms with Crippen molar-refractivity contribution in [1.29, 1.82) is 0 Å². The zero-order chi connectivity index (χ0) is 25.9. The highest BCUT2D eigenvalue weighted by Gasteiger charge is 2.45. The summed E-state index contributed by atoms with van der Waals surface area (Å²) in [6, 6.07) is 19.0. The number of likely N-dealkylation sites (tertiary alicyclic amines) is 1. The summed E-state index contributed by atoms with van der Waals surface area (Å²) in [7, 11) is 3.13. The Morgan fingerprint density at radius 1 is 0.919 bits per heavy atom. The fraction of sp³-hybridized carbons (Fsp3) is 0.241. The number of hydrogen-bond donors (Lipinski definition) is 1. The molecular weight excluding hydrogens is 474 g/mol. The monoisotopic (exact) mass is 501 g/mol. The van der Waals surface area contributed by atoms with Gasteiger partial charge in [-0.3, -0.25) is 9.59 Å². The van der Waals surface area contributed by atoms with Gasteiger partial charge in [0.25, 0.3) is 11.7 Å². The minimum Gasteiger partial charge on any atom is -0.507 e. The molecule has 2 aliphatic heterocycles. The number of aliphatic hydroxyl groups is 1. The van der Waals surface area contributed by atoms with E-state index in [4.69, 9.17) is 18.9 Å². The van der Waals surface area contributed by atoms with Gasteiger partial charge >= 0.3 is 0 Å². The molecule has 5 rings (SSSR count). The number of aliphatic hydroxyl groups excluding tert-OH is 1. The van der Waals surface area contributed by atoms with Gasteiger partial charge in [0.05, 0.1) is 25.8 Å². The van der Waals surface area contributed by atoms with Crippen molar-refractivity contribution in [1.82, 2.24) is 4.90 Å². The smallest absolute Gasteiger partial charge is 0.295 e. The highest BCUT2D eigenvalue weighted by molar-refractivity contribution is 6.46. The zero-order valence-electron chi connectivity index (χ0n) is 20.6. The van der Waals surface area contributed by atoms with Gasteiger partial charge < -0.3 is 29.0 Å². The van der Waals surface area contributed by atoms with Crippen LogP contribution in [0, 0.1) is 0 Å². The van der Waals surface area contributed by atoms with Gasteiger partial charge in [-0.2, -0.15) is 0 Å². The third kappa shape index (κ3) is 4.58. The largest absolute Gasteiger partial charge is 0.507 e. The van der Waals surface area contributed by atoms with Crippen LogP contribution in [-0.2, 0) is 16.0 Å². The molecule has 3 aromatic carbocycles. The molecule has 8 nitrogen and oxygen atoms in total. The van der Waals surface area contributed by atoms with Crippen LogP contribution in [0.4, 0.5) is 0 Å². The number of methoxy groups -OCH3 is 2. The molecule has 0 aromatic heterocycles. The third-order valence-corrected chi connectivity index (χ3v) is 6.56. The van der Waals surface area contributed by atoms with Crippen molar-refractivity contribution in [3.05, 3.63) is 89.0 Å². The summed E-state index contributed by atoms with van der Waals surface area (Å²) in [6.07, 6.45) is 0.473. The molecule has 0 bridgehead atoms. The zero-order valence-corrected chi connectivity index (χ0v) is 20.6. The number of ketones is 1. The Kier molecular flexibility index (Phi) is 6.72. The molecule has 1 unspecified atom stereocenters. The van der Waals surface area contributed by atoms with Crippen LogP contribution in [0.2, 0.25) is 0 Å². The van der Waals surface area contributed by atoms with E-state index in [2.05, 4.69) is 0 Å². The van der Waals surface area contributed by atoms with Crippen molar-refractivity contribution in [2.75, 3.05) is 34.0 Å². The first-order valence-electron chi connectivity index (χ1n) is 12.0. The van der Waals surface area contributed by atoms with Crippen molar-refractivity contribution in [3.8, 4) is 23.0 Å². The van der Waals surface area contributed by atoms with Gasteiger partial charge in [0.2, 0.25) is 0 Å². The Hall–Kier alpha value is -4.46. The first-order chi connectivity index (χ1) is 18.0. The van der Waals surface area contributed by atoms with Crippen molar-refractivity contribution in [3.63, 3.8) is 0 Å². The molecule has 2 aliphatic rings. The second kappa shape index (κ2) is 10.3. The fourth-order valence-corrected chi connectivity index (χ4v) is 4.72. The number of carbonyl (C=O) groups excluding carboxylic acids is 2. The van der Waals surface area contributed by atoms with E-state index in [1.165, 1.54) is 4.90 Å². The Balaban J connectivity index is 1.52. The maximum Gasteiger partial charge on any atom is 0.295 e. The molecule has 0 aliphatic carbocycles. The predicted octanol–water partition coefficient (Wildman–Crippen LogP) is 4.14. The SMILES string of the molecule is COc1ccc(CCN2C(=O)C(=O)/C(=C(\O)c3ccc4c(c3)OCCO4)C2c2ccccc2)cc1OC. The maximum absolute atomic E-state index is 13.3. The molecule has 0 saturated carbocycles. The number of amides is 1. The Bertz CT molecular complexity index is 1370. The topological polar surface area (TPSA) is 94.5 Å². The second-order valence-electron chi connectivity index (χ2n) is 8.70. The molecular formula is C29H27NO7. The van der Waals surface area contributed by atoms with E-state index >= 15 is 0 Å². The Morgan fingerprint density at radius 3 is 2.38 bits per heavy atom. The predicted molar refractivity (Wildman–Crippen MR) is 136 cm³/mol. The van der Waals surface area contributed by atoms with Crippen molar-refractivity contribution < 1.29 is 33.6 Å². The standard InChI is InChI=1S/C29H27NO7/c1-34-21-10-8-18(16-23(21)35-2)12-13-30-26(19-6-4-3-5-7-19)25(28(32)29(30)33)27(31)20-9-11-22-24(17-20)37-15-14-36-22/h3-11,16-17,26,31H,12-15H2,1-2H3/b27-25-. The van der Waals surface area contributed by atoms with E-state index in [-0.39, 0.29) is 17.9 Å². The lowest BCUT2D eigenvalue weighted by atomic mass is 9.95. The van der Waals surface area contributed by atoms with E-state index in [0.29, 0.717) is 48.2 Å². The highest BCUT2D eigenvalue weighted by atomic mass is 16.6. The van der Waals surface area contributed by atoms with Gasteiger partial charge in [0.1, 0.15) is 19.0 Å². The number of Topliss-reactive ketones (excluding diaryl/α,β-unsaturated/α-hetero) is 1. The molecule has 2 heterocycles. The van der Waals surface area contributed by atoms with Gasteiger partial charge in [-0.25, -0.2) is 0 Å². The van der Waals surface area contributed by atoms with Crippen LogP contribution < -0.4 is 18.9 Å². The summed E-state index contributed by atoms with van der Waals surface area (Å²) in [5.41, 5.74) is 2.06. The second-order valence-corrected chi connectivity index (χ2v) is 8.70. The summed E-state index contributed by atoms with van der Waals surface area (Å²) >= 11 is 0. The molecule has 8 heteroatoms. The molecule has 1 amide bonds. The number of hydrogen-bond acceptors (Lipinski definition) is 7. The lowest BCUT2D eigenvalue weighted by Crippen LogP contribution is -2.31. The van der Waals surface area contributed by atoms with E-state index in [1.807, 2.05) is 42.5 Å². The molecule has 3 aromatic rings. The van der Waals surface area contributed by atoms with Gasteiger partial charge in [-0.05, 0) is 47.9 Å². The summed E-state index contributed by atoms with van der Waals surface area (Å²) in [6.45, 7) is 1.09. The molecule has 37 heavy (non-hydrogen) atoms. The number of benzene rings is 3. The van der Waals surface area contributed by atoms with Crippen LogP contribution >= 0.6 is 0 Å². The van der Waals surface area contributed by atoms with Crippen molar-refractivity contribution in [2.24, 2.45) is 0 Å². The summed E-state index contributed by atoms with van der Waals surface area (Å²) < 4.78 is 21.9. The molecule has 1 saturated heterocycles. The van der Waals surface area contributed by atoms with Crippen LogP contribution in [0.3, 0.4) is 0 Å². The Labute approximate surface area is 214 Å². The van der Waals surface area contributed by atoms with Gasteiger partial charge in [-0.1, -0.05) is 36.4 Å². The average molecular weight is 502 g/mol. The minimum atomic E-state index is -0.741. The molecule has 0 radical (unpaired) electrons. The van der Waals surface area contributed by atoms with Crippen molar-refractivity contribution >= 4 is 17.4 Å². The molecule has 0 spiro atoms. The van der Waals surface area contributed by atoms with Gasteiger partial charge in [0.15, 0.2) is 23.0 Å². The lowest BCUT2D eigenvalue weighted by molar-refractivity contribution is -0.139.